The number of nitrogens with two attached hydrogens (primary N) is 1. The van der Waals surface area contributed by atoms with Crippen LogP contribution in [0.5, 0.6) is 0 Å². The number of carboxylic acid groups (broad SMARTS) is 1. The van der Waals surface area contributed by atoms with Crippen LogP contribution in [0.1, 0.15) is 17.1 Å². The molecule has 3 rings (SSSR count). The van der Waals surface area contributed by atoms with E-state index in [2.05, 4.69) is 45.9 Å². The van der Waals surface area contributed by atoms with Gasteiger partial charge in [-0.05, 0) is 0 Å². The molecule has 15 heteroatoms. The lowest BCUT2D eigenvalue weighted by Crippen LogP contribution is -2.57. The van der Waals surface area contributed by atoms with Crippen LogP contribution in [0.25, 0.3) is 0 Å². The van der Waals surface area contributed by atoms with E-state index in [9.17, 15) is 24.3 Å². The average molecular weight is 486 g/mol. The molecule has 0 aliphatic carbocycles. The van der Waals surface area contributed by atoms with E-state index >= 15 is 0 Å². The van der Waals surface area contributed by atoms with Gasteiger partial charge in [0, 0.05) is 54.9 Å². The van der Waals surface area contributed by atoms with E-state index in [1.165, 1.54) is 37.6 Å². The van der Waals surface area contributed by atoms with Crippen molar-refractivity contribution in [2.24, 2.45) is 5.73 Å². The Kier molecular flexibility index (Phi) is 8.66. The number of carbonyl (C=O) groups is 4. The monoisotopic (exact) mass is 486 g/mol. The molecule has 0 saturated carbocycles. The molecule has 3 aromatic heterocycles. The SMILES string of the molecule is NCC(=O)NC(Cc1cnc[nH]1)C(=O)NC(Cc1cnc[nH]1)C(=O)NC(Cc1cnc[nH]1)C(=O)O. The number of aromatic nitrogens is 6. The summed E-state index contributed by atoms with van der Waals surface area (Å²) < 4.78 is 0. The van der Waals surface area contributed by atoms with Gasteiger partial charge in [0.1, 0.15) is 18.1 Å². The number of hydrogen-bond donors (Lipinski definition) is 8. The van der Waals surface area contributed by atoms with E-state index in [1.807, 2.05) is 0 Å². The molecule has 0 saturated heterocycles. The van der Waals surface area contributed by atoms with Crippen LogP contribution < -0.4 is 21.7 Å². The predicted octanol–water partition coefficient (Wildman–Crippen LogP) is -2.62. The van der Waals surface area contributed by atoms with Crippen molar-refractivity contribution in [3.63, 3.8) is 0 Å². The molecule has 0 aliphatic heterocycles. The average Bonchev–Trinajstić information content (AvgIpc) is 3.61. The van der Waals surface area contributed by atoms with Gasteiger partial charge < -0.3 is 41.7 Å². The highest BCUT2D eigenvalue weighted by molar-refractivity contribution is 5.93. The van der Waals surface area contributed by atoms with Crippen LogP contribution in [0.3, 0.4) is 0 Å². The van der Waals surface area contributed by atoms with Gasteiger partial charge in [-0.2, -0.15) is 0 Å². The summed E-state index contributed by atoms with van der Waals surface area (Å²) in [5.41, 5.74) is 6.98. The predicted molar refractivity (Wildman–Crippen MR) is 119 cm³/mol. The van der Waals surface area contributed by atoms with Crippen LogP contribution >= 0.6 is 0 Å². The minimum atomic E-state index is -1.28. The molecule has 0 spiro atoms. The third kappa shape index (κ3) is 7.50. The van der Waals surface area contributed by atoms with Crippen molar-refractivity contribution in [1.29, 1.82) is 0 Å². The summed E-state index contributed by atoms with van der Waals surface area (Å²) >= 11 is 0. The lowest BCUT2D eigenvalue weighted by atomic mass is 10.1. The van der Waals surface area contributed by atoms with E-state index < -0.39 is 41.8 Å². The molecule has 0 radical (unpaired) electrons. The molecule has 0 aliphatic rings. The van der Waals surface area contributed by atoms with Crippen molar-refractivity contribution < 1.29 is 24.3 Å². The number of nitrogens with zero attached hydrogens (tertiary/aromatic N) is 3. The maximum Gasteiger partial charge on any atom is 0.326 e. The third-order valence-corrected chi connectivity index (χ3v) is 5.02. The minimum absolute atomic E-state index is 0.00438. The smallest absolute Gasteiger partial charge is 0.326 e. The highest BCUT2D eigenvalue weighted by Crippen LogP contribution is 2.05. The molecule has 0 fully saturated rings. The van der Waals surface area contributed by atoms with Crippen LogP contribution in [-0.4, -0.2) is 83.4 Å². The topological polar surface area (TPSA) is 237 Å². The van der Waals surface area contributed by atoms with E-state index in [0.717, 1.165) is 0 Å². The number of rotatable bonds is 13. The number of nitrogens with one attached hydrogen (secondary N) is 6. The van der Waals surface area contributed by atoms with Crippen molar-refractivity contribution >= 4 is 23.7 Å². The van der Waals surface area contributed by atoms with Crippen molar-refractivity contribution in [1.82, 2.24) is 45.9 Å². The van der Waals surface area contributed by atoms with Crippen LogP contribution in [0, 0.1) is 0 Å². The molecule has 3 atom stereocenters. The molecule has 0 bridgehead atoms. The van der Waals surface area contributed by atoms with Crippen LogP contribution in [0.4, 0.5) is 0 Å². The van der Waals surface area contributed by atoms with Crippen LogP contribution in [0.2, 0.25) is 0 Å². The summed E-state index contributed by atoms with van der Waals surface area (Å²) in [6.45, 7) is -0.335. The summed E-state index contributed by atoms with van der Waals surface area (Å²) in [4.78, 5) is 69.9. The lowest BCUT2D eigenvalue weighted by Gasteiger charge is -2.24. The lowest BCUT2D eigenvalue weighted by molar-refractivity contribution is -0.142. The van der Waals surface area contributed by atoms with Gasteiger partial charge >= 0.3 is 5.97 Å². The Hall–Kier alpha value is -4.53. The number of H-pyrrole nitrogens is 3. The number of aliphatic carboxylic acids is 1. The van der Waals surface area contributed by atoms with E-state index in [-0.39, 0.29) is 25.8 Å². The summed E-state index contributed by atoms with van der Waals surface area (Å²) in [7, 11) is 0. The fraction of sp³-hybridized carbons (Fsp3) is 0.350. The molecule has 3 heterocycles. The summed E-state index contributed by atoms with van der Waals surface area (Å²) in [5.74, 6) is -3.22. The molecule has 0 aromatic carbocycles. The molecule has 35 heavy (non-hydrogen) atoms. The van der Waals surface area contributed by atoms with Gasteiger partial charge in [-0.3, -0.25) is 14.4 Å². The zero-order valence-corrected chi connectivity index (χ0v) is 18.5. The summed E-state index contributed by atoms with van der Waals surface area (Å²) in [5, 5.41) is 17.1. The van der Waals surface area contributed by atoms with Crippen molar-refractivity contribution in [3.8, 4) is 0 Å². The zero-order chi connectivity index (χ0) is 25.2. The van der Waals surface area contributed by atoms with Crippen molar-refractivity contribution in [3.05, 3.63) is 54.7 Å². The Morgan fingerprint density at radius 3 is 1.51 bits per heavy atom. The Morgan fingerprint density at radius 2 is 1.14 bits per heavy atom. The quantitative estimate of drug-likeness (QED) is 0.126. The first-order chi connectivity index (χ1) is 16.9. The number of aromatic amines is 3. The van der Waals surface area contributed by atoms with Gasteiger partial charge in [0.2, 0.25) is 17.7 Å². The zero-order valence-electron chi connectivity index (χ0n) is 18.5. The Morgan fingerprint density at radius 1 is 0.743 bits per heavy atom. The van der Waals surface area contributed by atoms with Gasteiger partial charge in [-0.25, -0.2) is 19.7 Å². The second-order valence-electron chi connectivity index (χ2n) is 7.63. The first-order valence-corrected chi connectivity index (χ1v) is 10.6. The highest BCUT2D eigenvalue weighted by atomic mass is 16.4. The molecular weight excluding hydrogens is 460 g/mol. The van der Waals surface area contributed by atoms with E-state index in [4.69, 9.17) is 5.73 Å². The number of hydrogen-bond acceptors (Lipinski definition) is 8. The van der Waals surface area contributed by atoms with E-state index in [0.29, 0.717) is 17.1 Å². The first kappa shape index (κ1) is 25.1. The molecule has 186 valence electrons. The molecule has 9 N–H and O–H groups in total. The normalized spacial score (nSPS) is 13.4. The standard InChI is InChI=1S/C20H26N10O5/c21-4-17(31)28-14(1-11-5-22-8-25-11)18(32)29-15(2-12-6-23-9-26-12)19(33)30-16(20(34)35)3-13-7-24-10-27-13/h5-10,14-16H,1-4,21H2,(H,22,25)(H,23,26)(H,24,27)(H,28,31)(H,29,32)(H,30,33)(H,34,35). The van der Waals surface area contributed by atoms with Gasteiger partial charge in [0.05, 0.1) is 25.5 Å². The second kappa shape index (κ2) is 12.1. The molecule has 15 nitrogen and oxygen atoms in total. The fourth-order valence-electron chi connectivity index (χ4n) is 3.27. The molecule has 3 unspecified atom stereocenters. The Balaban J connectivity index is 1.76. The van der Waals surface area contributed by atoms with Gasteiger partial charge in [0.15, 0.2) is 0 Å². The van der Waals surface area contributed by atoms with Gasteiger partial charge in [-0.1, -0.05) is 0 Å². The Bertz CT molecular complexity index is 1100. The maximum absolute atomic E-state index is 13.1. The largest absolute Gasteiger partial charge is 0.480 e. The van der Waals surface area contributed by atoms with Gasteiger partial charge in [-0.15, -0.1) is 0 Å². The highest BCUT2D eigenvalue weighted by Gasteiger charge is 2.30. The first-order valence-electron chi connectivity index (χ1n) is 10.6. The number of amides is 3. The second-order valence-corrected chi connectivity index (χ2v) is 7.63. The van der Waals surface area contributed by atoms with Crippen molar-refractivity contribution in [2.45, 2.75) is 37.4 Å². The number of carboxylic acids is 1. The summed E-state index contributed by atoms with van der Waals surface area (Å²) in [6, 6.07) is -3.52. The maximum atomic E-state index is 13.1. The van der Waals surface area contributed by atoms with E-state index in [1.54, 1.807) is 0 Å². The third-order valence-electron chi connectivity index (χ3n) is 5.02. The van der Waals surface area contributed by atoms with Crippen LogP contribution in [-0.2, 0) is 38.4 Å². The Labute approximate surface area is 198 Å². The molecular formula is C20H26N10O5. The molecule has 3 amide bonds. The molecule has 3 aromatic rings. The van der Waals surface area contributed by atoms with Gasteiger partial charge in [0.25, 0.3) is 0 Å². The number of carbonyl (C=O) groups excluding carboxylic acids is 3. The fourth-order valence-corrected chi connectivity index (χ4v) is 3.27. The van der Waals surface area contributed by atoms with Crippen LogP contribution in [0.15, 0.2) is 37.6 Å². The minimum Gasteiger partial charge on any atom is -0.480 e. The number of imidazole rings is 3. The van der Waals surface area contributed by atoms with Crippen molar-refractivity contribution in [2.75, 3.05) is 6.54 Å². The summed E-state index contributed by atoms with van der Waals surface area (Å²) in [6.07, 6.45) is 8.67.